The lowest BCUT2D eigenvalue weighted by Crippen LogP contribution is -2.61. The Morgan fingerprint density at radius 2 is 0.753 bits per heavy atom. The van der Waals surface area contributed by atoms with E-state index in [4.69, 9.17) is 23.7 Å². The van der Waals surface area contributed by atoms with Gasteiger partial charge >= 0.3 is 23.9 Å². The Balaban J connectivity index is 2.71. The first-order valence-corrected chi connectivity index (χ1v) is 33.5. The van der Waals surface area contributed by atoms with Crippen LogP contribution in [0.5, 0.6) is 0 Å². The van der Waals surface area contributed by atoms with E-state index in [9.17, 15) is 34.5 Å². The van der Waals surface area contributed by atoms with E-state index < -0.39 is 67.3 Å². The fraction of sp³-hybridized carbons (Fsp3) is 0.671. The van der Waals surface area contributed by atoms with Gasteiger partial charge in [0.05, 0.1) is 6.61 Å². The van der Waals surface area contributed by atoms with Crippen LogP contribution in [0.4, 0.5) is 0 Å². The number of carboxylic acids is 1. The fourth-order valence-corrected chi connectivity index (χ4v) is 9.49. The van der Waals surface area contributed by atoms with E-state index in [1.54, 1.807) is 0 Å². The van der Waals surface area contributed by atoms with Crippen molar-refractivity contribution in [2.24, 2.45) is 0 Å². The maximum atomic E-state index is 13.2. The third-order valence-electron chi connectivity index (χ3n) is 14.5. The highest BCUT2D eigenvalue weighted by Gasteiger charge is 2.50. The number of carbonyl (C=O) groups excluding carboxylic acids is 3. The first kappa shape index (κ1) is 78.1. The second kappa shape index (κ2) is 59.5. The molecule has 0 aliphatic carbocycles. The second-order valence-electron chi connectivity index (χ2n) is 22.3. The van der Waals surface area contributed by atoms with Crippen molar-refractivity contribution < 1.29 is 58.2 Å². The predicted octanol–water partition coefficient (Wildman–Crippen LogP) is 18.3. The maximum absolute atomic E-state index is 13.2. The number of aliphatic carboxylic acids is 1. The molecule has 0 spiro atoms. The molecule has 0 aromatic heterocycles. The van der Waals surface area contributed by atoms with Crippen LogP contribution in [0.1, 0.15) is 265 Å². The lowest BCUT2D eigenvalue weighted by molar-refractivity contribution is -0.301. The summed E-state index contributed by atoms with van der Waals surface area (Å²) in [6.45, 7) is 5.74. The number of rotatable bonds is 56. The molecule has 85 heavy (non-hydrogen) atoms. The normalized spacial score (nSPS) is 18.2. The number of esters is 3. The van der Waals surface area contributed by atoms with Gasteiger partial charge < -0.3 is 39.0 Å². The highest BCUT2D eigenvalue weighted by atomic mass is 16.7. The highest BCUT2D eigenvalue weighted by Crippen LogP contribution is 2.26. The van der Waals surface area contributed by atoms with Crippen molar-refractivity contribution in [1.29, 1.82) is 0 Å². The summed E-state index contributed by atoms with van der Waals surface area (Å²) < 4.78 is 28.5. The Morgan fingerprint density at radius 3 is 1.16 bits per heavy atom. The predicted molar refractivity (Wildman–Crippen MR) is 349 cm³/mol. The van der Waals surface area contributed by atoms with E-state index in [1.165, 1.54) is 96.3 Å². The monoisotopic (exact) mass is 1190 g/mol. The minimum atomic E-state index is -1.93. The summed E-state index contributed by atoms with van der Waals surface area (Å²) in [6.07, 6.45) is 70.2. The number of carboxylic acid groups (broad SMARTS) is 1. The van der Waals surface area contributed by atoms with E-state index in [0.717, 1.165) is 103 Å². The maximum Gasteiger partial charge on any atom is 0.335 e. The van der Waals surface area contributed by atoms with Crippen LogP contribution in [-0.4, -0.2) is 89.2 Å². The molecular formula is C73H118O12. The van der Waals surface area contributed by atoms with Gasteiger partial charge in [0.15, 0.2) is 24.6 Å². The second-order valence-corrected chi connectivity index (χ2v) is 22.3. The lowest BCUT2D eigenvalue weighted by Gasteiger charge is -2.40. The molecule has 0 amide bonds. The van der Waals surface area contributed by atoms with E-state index in [2.05, 4.69) is 130 Å². The zero-order valence-electron chi connectivity index (χ0n) is 53.3. The van der Waals surface area contributed by atoms with Gasteiger partial charge in [0, 0.05) is 19.3 Å². The van der Waals surface area contributed by atoms with Crippen molar-refractivity contribution in [2.75, 3.05) is 13.2 Å². The third-order valence-corrected chi connectivity index (χ3v) is 14.5. The van der Waals surface area contributed by atoms with E-state index in [0.29, 0.717) is 25.7 Å². The standard InChI is InChI=1S/C73H118O12/c1-4-7-10-13-16-19-22-25-28-31-33-36-38-41-44-47-50-53-56-59-65(74)81-62-64(83-66(75)60-57-54-51-48-45-42-40-37-34-32-29-26-23-20-17-14-11-8-5-2)63-82-73-71(69(78)68(77)70(85-73)72(79)80)84-67(76)61-58-55-52-49-46-43-39-35-30-27-24-21-18-15-12-9-6-3/h7,9-10,12,16,18-19,21,25,27-28,30,33,36,39,41,43-44,49,52,64,68-71,73,77-78H,4-6,8,11,13-15,17,20,22-24,26,29,31-32,34-35,37-38,40,42,45-48,50-51,53-63H2,1-3H3,(H,79,80)/b10-7-,12-9-,19-16-,21-18-,28-25-,30-27-,36-33-,43-39-,44-41-,52-49-. The number of allylic oxidation sites excluding steroid dienone is 20. The Labute approximate surface area is 516 Å². The zero-order valence-corrected chi connectivity index (χ0v) is 53.3. The molecule has 6 atom stereocenters. The van der Waals surface area contributed by atoms with Crippen LogP contribution in [0.2, 0.25) is 0 Å². The summed E-state index contributed by atoms with van der Waals surface area (Å²) in [6, 6.07) is 0. The van der Waals surface area contributed by atoms with Crippen molar-refractivity contribution >= 4 is 23.9 Å². The molecular weight excluding hydrogens is 1070 g/mol. The van der Waals surface area contributed by atoms with Gasteiger partial charge in [-0.05, 0) is 103 Å². The number of aliphatic hydroxyl groups excluding tert-OH is 2. The first-order valence-electron chi connectivity index (χ1n) is 33.5. The molecule has 1 saturated heterocycles. The number of aliphatic hydroxyl groups is 2. The van der Waals surface area contributed by atoms with Crippen molar-refractivity contribution in [1.82, 2.24) is 0 Å². The van der Waals surface area contributed by atoms with Crippen LogP contribution in [0.25, 0.3) is 0 Å². The van der Waals surface area contributed by atoms with Crippen molar-refractivity contribution in [2.45, 2.75) is 302 Å². The highest BCUT2D eigenvalue weighted by molar-refractivity contribution is 5.74. The van der Waals surface area contributed by atoms with Gasteiger partial charge in [-0.3, -0.25) is 14.4 Å². The van der Waals surface area contributed by atoms with Gasteiger partial charge in [-0.15, -0.1) is 0 Å². The van der Waals surface area contributed by atoms with Crippen LogP contribution in [0, 0.1) is 0 Å². The van der Waals surface area contributed by atoms with Crippen LogP contribution in [-0.2, 0) is 42.9 Å². The molecule has 0 aromatic carbocycles. The minimum absolute atomic E-state index is 0.0260. The van der Waals surface area contributed by atoms with Crippen LogP contribution in [0.3, 0.4) is 0 Å². The van der Waals surface area contributed by atoms with Gasteiger partial charge in [0.2, 0.25) is 0 Å². The van der Waals surface area contributed by atoms with Crippen molar-refractivity contribution in [3.63, 3.8) is 0 Å². The van der Waals surface area contributed by atoms with Crippen molar-refractivity contribution in [3.8, 4) is 0 Å². The first-order chi connectivity index (χ1) is 41.6. The SMILES string of the molecule is CC/C=C\C/C=C\C/C=C\C/C=C\C/C=C\CCCCCC(=O)OCC(COC1OC(C(=O)O)C(O)C(O)C1OC(=O)CCC/C=C\C/C=C\C/C=C\C/C=C\C/C=C\CC)OC(=O)CCCCCCCCCCCCCCCCCCCCC. The smallest absolute Gasteiger partial charge is 0.335 e. The minimum Gasteiger partial charge on any atom is -0.479 e. The molecule has 1 rings (SSSR count). The van der Waals surface area contributed by atoms with E-state index in [-0.39, 0.29) is 25.9 Å². The molecule has 0 aromatic rings. The van der Waals surface area contributed by atoms with E-state index in [1.807, 2.05) is 12.2 Å². The third kappa shape index (κ3) is 48.9. The van der Waals surface area contributed by atoms with Crippen molar-refractivity contribution in [3.05, 3.63) is 122 Å². The Kier molecular flexibility index (Phi) is 54.6. The molecule has 6 unspecified atom stereocenters. The van der Waals surface area contributed by atoms with Crippen LogP contribution >= 0.6 is 0 Å². The number of ether oxygens (including phenoxy) is 5. The Morgan fingerprint density at radius 1 is 0.400 bits per heavy atom. The Bertz CT molecular complexity index is 1940. The van der Waals surface area contributed by atoms with Crippen LogP contribution < -0.4 is 0 Å². The molecule has 0 bridgehead atoms. The molecule has 0 saturated carbocycles. The molecule has 12 heteroatoms. The quantitative estimate of drug-likeness (QED) is 0.0228. The number of unbranched alkanes of at least 4 members (excludes halogenated alkanes) is 22. The molecule has 482 valence electrons. The van der Waals surface area contributed by atoms with Gasteiger partial charge in [-0.1, -0.05) is 264 Å². The molecule has 12 nitrogen and oxygen atoms in total. The molecule has 1 aliphatic heterocycles. The van der Waals surface area contributed by atoms with Gasteiger partial charge in [-0.2, -0.15) is 0 Å². The molecule has 1 aliphatic rings. The van der Waals surface area contributed by atoms with E-state index >= 15 is 0 Å². The van der Waals surface area contributed by atoms with Gasteiger partial charge in [0.25, 0.3) is 0 Å². The average Bonchev–Trinajstić information content (AvgIpc) is 3.46. The summed E-state index contributed by atoms with van der Waals surface area (Å²) >= 11 is 0. The molecule has 1 heterocycles. The zero-order chi connectivity index (χ0) is 61.7. The summed E-state index contributed by atoms with van der Waals surface area (Å²) in [5.41, 5.74) is 0. The Hall–Kier alpha value is -4.88. The number of hydrogen-bond acceptors (Lipinski definition) is 11. The topological polar surface area (TPSA) is 175 Å². The van der Waals surface area contributed by atoms with Gasteiger partial charge in [-0.25, -0.2) is 4.79 Å². The number of hydrogen-bond donors (Lipinski definition) is 3. The summed E-state index contributed by atoms with van der Waals surface area (Å²) in [5.74, 6) is -3.24. The average molecular weight is 1190 g/mol. The molecule has 3 N–H and O–H groups in total. The number of carbonyl (C=O) groups is 4. The van der Waals surface area contributed by atoms with Crippen LogP contribution in [0.15, 0.2) is 122 Å². The summed E-state index contributed by atoms with van der Waals surface area (Å²) in [4.78, 5) is 51.4. The molecule has 0 radical (unpaired) electrons. The summed E-state index contributed by atoms with van der Waals surface area (Å²) in [7, 11) is 0. The van der Waals surface area contributed by atoms with Gasteiger partial charge in [0.1, 0.15) is 18.8 Å². The fourth-order valence-electron chi connectivity index (χ4n) is 9.49. The summed E-state index contributed by atoms with van der Waals surface area (Å²) in [5, 5.41) is 31.6. The largest absolute Gasteiger partial charge is 0.479 e. The lowest BCUT2D eigenvalue weighted by atomic mass is 9.98. The molecule has 1 fully saturated rings.